The zero-order chi connectivity index (χ0) is 10.1. The fraction of sp³-hybridized carbons (Fsp3) is 0.417. The lowest BCUT2D eigenvalue weighted by Gasteiger charge is -2.12. The van der Waals surface area contributed by atoms with Gasteiger partial charge in [0.1, 0.15) is 0 Å². The third-order valence-electron chi connectivity index (χ3n) is 2.97. The molecule has 1 fully saturated rings. The van der Waals surface area contributed by atoms with Gasteiger partial charge in [-0.25, -0.2) is 0 Å². The predicted molar refractivity (Wildman–Crippen MR) is 56.2 cm³/mol. The molecular weight excluding hydrogens is 174 g/mol. The van der Waals surface area contributed by atoms with Gasteiger partial charge in [-0.1, -0.05) is 24.3 Å². The minimum absolute atomic E-state index is 0.262. The van der Waals surface area contributed by atoms with Gasteiger partial charge in [0.15, 0.2) is 0 Å². The van der Waals surface area contributed by atoms with Crippen LogP contribution in [0.5, 0.6) is 0 Å². The van der Waals surface area contributed by atoms with E-state index in [4.69, 9.17) is 0 Å². The molecule has 74 valence electrons. The number of benzene rings is 1. The first kappa shape index (κ1) is 9.25. The molecule has 0 radical (unpaired) electrons. The summed E-state index contributed by atoms with van der Waals surface area (Å²) < 4.78 is 0. The molecule has 1 unspecified atom stereocenters. The predicted octanol–water partition coefficient (Wildman–Crippen LogP) is 1.94. The molecule has 1 aromatic rings. The second kappa shape index (κ2) is 3.45. The zero-order valence-corrected chi connectivity index (χ0v) is 8.66. The molecule has 2 heteroatoms. The summed E-state index contributed by atoms with van der Waals surface area (Å²) in [5.41, 5.74) is 2.62. The van der Waals surface area contributed by atoms with Crippen molar-refractivity contribution in [3.05, 3.63) is 35.4 Å². The van der Waals surface area contributed by atoms with Crippen molar-refractivity contribution >= 4 is 5.91 Å². The van der Waals surface area contributed by atoms with Crippen molar-refractivity contribution in [2.24, 2.45) is 0 Å². The molecule has 1 aliphatic heterocycles. The Bertz CT molecular complexity index is 359. The summed E-state index contributed by atoms with van der Waals surface area (Å²) in [6.07, 6.45) is 0.668. The quantitative estimate of drug-likeness (QED) is 0.661. The third kappa shape index (κ3) is 1.52. The fourth-order valence-corrected chi connectivity index (χ4v) is 2.12. The number of rotatable bonds is 1. The average molecular weight is 189 g/mol. The van der Waals surface area contributed by atoms with Gasteiger partial charge in [0, 0.05) is 25.9 Å². The second-order valence-electron chi connectivity index (χ2n) is 4.03. The maximum absolute atomic E-state index is 11.4. The Hall–Kier alpha value is -1.31. The molecule has 1 saturated heterocycles. The first-order chi connectivity index (χ1) is 6.68. The number of likely N-dealkylation sites (tertiary alicyclic amines) is 1. The van der Waals surface area contributed by atoms with Crippen LogP contribution in [-0.2, 0) is 4.79 Å². The second-order valence-corrected chi connectivity index (χ2v) is 4.03. The van der Waals surface area contributed by atoms with E-state index in [2.05, 4.69) is 19.1 Å². The average Bonchev–Trinajstić information content (AvgIpc) is 2.48. The Morgan fingerprint density at radius 3 is 2.64 bits per heavy atom. The van der Waals surface area contributed by atoms with Gasteiger partial charge < -0.3 is 4.90 Å². The third-order valence-corrected chi connectivity index (χ3v) is 2.97. The number of carbonyl (C=O) groups excluding carboxylic acids is 1. The highest BCUT2D eigenvalue weighted by Crippen LogP contribution is 2.28. The van der Waals surface area contributed by atoms with E-state index in [1.807, 2.05) is 24.1 Å². The normalized spacial score (nSPS) is 21.7. The van der Waals surface area contributed by atoms with Crippen LogP contribution < -0.4 is 0 Å². The maximum atomic E-state index is 11.4. The lowest BCUT2D eigenvalue weighted by molar-refractivity contribution is -0.126. The summed E-state index contributed by atoms with van der Waals surface area (Å²) in [4.78, 5) is 13.2. The largest absolute Gasteiger partial charge is 0.345 e. The van der Waals surface area contributed by atoms with Gasteiger partial charge in [-0.2, -0.15) is 0 Å². The Labute approximate surface area is 84.5 Å². The molecule has 0 aliphatic carbocycles. The van der Waals surface area contributed by atoms with E-state index in [-0.39, 0.29) is 5.91 Å². The van der Waals surface area contributed by atoms with E-state index in [1.54, 1.807) is 0 Å². The summed E-state index contributed by atoms with van der Waals surface area (Å²) in [6, 6.07) is 8.33. The number of hydrogen-bond donors (Lipinski definition) is 0. The first-order valence-electron chi connectivity index (χ1n) is 4.98. The molecule has 1 heterocycles. The molecule has 14 heavy (non-hydrogen) atoms. The van der Waals surface area contributed by atoms with Crippen molar-refractivity contribution in [1.29, 1.82) is 0 Å². The number of nitrogens with zero attached hydrogens (tertiary/aromatic N) is 1. The number of aryl methyl sites for hydroxylation is 1. The highest BCUT2D eigenvalue weighted by atomic mass is 16.2. The van der Waals surface area contributed by atoms with E-state index in [0.717, 1.165) is 6.54 Å². The van der Waals surface area contributed by atoms with Crippen LogP contribution in [0.25, 0.3) is 0 Å². The van der Waals surface area contributed by atoms with Crippen LogP contribution in [-0.4, -0.2) is 24.4 Å². The first-order valence-corrected chi connectivity index (χ1v) is 4.98. The number of carbonyl (C=O) groups is 1. The van der Waals surface area contributed by atoms with Crippen LogP contribution in [0.4, 0.5) is 0 Å². The van der Waals surface area contributed by atoms with Crippen molar-refractivity contribution in [2.45, 2.75) is 19.3 Å². The number of likely N-dealkylation sites (N-methyl/N-ethyl adjacent to an activating group) is 1. The standard InChI is InChI=1S/C12H15NO/c1-9-5-3-4-6-11(9)10-7-12(14)13(2)8-10/h3-6,10H,7-8H2,1-2H3. The molecule has 1 amide bonds. The fourth-order valence-electron chi connectivity index (χ4n) is 2.12. The smallest absolute Gasteiger partial charge is 0.223 e. The summed E-state index contributed by atoms with van der Waals surface area (Å²) in [5.74, 6) is 0.659. The van der Waals surface area contributed by atoms with Crippen molar-refractivity contribution in [3.63, 3.8) is 0 Å². The molecule has 2 rings (SSSR count). The van der Waals surface area contributed by atoms with E-state index >= 15 is 0 Å². The van der Waals surface area contributed by atoms with Crippen LogP contribution in [0, 0.1) is 6.92 Å². The molecule has 0 spiro atoms. The van der Waals surface area contributed by atoms with Gasteiger partial charge in [-0.15, -0.1) is 0 Å². The van der Waals surface area contributed by atoms with Crippen molar-refractivity contribution in [3.8, 4) is 0 Å². The van der Waals surface area contributed by atoms with Gasteiger partial charge in [-0.3, -0.25) is 4.79 Å². The van der Waals surface area contributed by atoms with Gasteiger partial charge in [0.25, 0.3) is 0 Å². The molecule has 1 aromatic carbocycles. The molecule has 1 atom stereocenters. The van der Waals surface area contributed by atoms with Crippen molar-refractivity contribution in [1.82, 2.24) is 4.90 Å². The monoisotopic (exact) mass is 189 g/mol. The summed E-state index contributed by atoms with van der Waals surface area (Å²) in [7, 11) is 1.88. The van der Waals surface area contributed by atoms with E-state index in [1.165, 1.54) is 11.1 Å². The Kier molecular flexibility index (Phi) is 2.28. The maximum Gasteiger partial charge on any atom is 0.223 e. The van der Waals surface area contributed by atoms with Gasteiger partial charge in [0.05, 0.1) is 0 Å². The highest BCUT2D eigenvalue weighted by molar-refractivity contribution is 5.79. The zero-order valence-electron chi connectivity index (χ0n) is 8.66. The topological polar surface area (TPSA) is 20.3 Å². The van der Waals surface area contributed by atoms with Crippen LogP contribution in [0.3, 0.4) is 0 Å². The Morgan fingerprint density at radius 1 is 1.36 bits per heavy atom. The molecule has 0 saturated carbocycles. The van der Waals surface area contributed by atoms with Crippen LogP contribution >= 0.6 is 0 Å². The highest BCUT2D eigenvalue weighted by Gasteiger charge is 2.28. The van der Waals surface area contributed by atoms with E-state index in [0.29, 0.717) is 12.3 Å². The molecule has 0 N–H and O–H groups in total. The van der Waals surface area contributed by atoms with Crippen LogP contribution in [0.1, 0.15) is 23.5 Å². The molecular formula is C12H15NO. The van der Waals surface area contributed by atoms with Gasteiger partial charge >= 0.3 is 0 Å². The van der Waals surface area contributed by atoms with E-state index < -0.39 is 0 Å². The lowest BCUT2D eigenvalue weighted by Crippen LogP contribution is -2.18. The minimum atomic E-state index is 0.262. The summed E-state index contributed by atoms with van der Waals surface area (Å²) in [5, 5.41) is 0. The number of amides is 1. The van der Waals surface area contributed by atoms with Crippen LogP contribution in [0.2, 0.25) is 0 Å². The van der Waals surface area contributed by atoms with Crippen LogP contribution in [0.15, 0.2) is 24.3 Å². The Morgan fingerprint density at radius 2 is 2.07 bits per heavy atom. The number of hydrogen-bond acceptors (Lipinski definition) is 1. The molecule has 1 aliphatic rings. The molecule has 0 bridgehead atoms. The summed E-state index contributed by atoms with van der Waals surface area (Å²) in [6.45, 7) is 2.97. The van der Waals surface area contributed by atoms with Gasteiger partial charge in [-0.05, 0) is 18.1 Å². The van der Waals surface area contributed by atoms with Crippen molar-refractivity contribution in [2.75, 3.05) is 13.6 Å². The summed E-state index contributed by atoms with van der Waals surface area (Å²) >= 11 is 0. The lowest BCUT2D eigenvalue weighted by atomic mass is 9.94. The molecule has 0 aromatic heterocycles. The Balaban J connectivity index is 2.25. The van der Waals surface area contributed by atoms with E-state index in [9.17, 15) is 4.79 Å². The minimum Gasteiger partial charge on any atom is -0.345 e. The van der Waals surface area contributed by atoms with Crippen molar-refractivity contribution < 1.29 is 4.79 Å². The SMILES string of the molecule is Cc1ccccc1C1CC(=O)N(C)C1. The molecule has 2 nitrogen and oxygen atoms in total. The van der Waals surface area contributed by atoms with Gasteiger partial charge in [0.2, 0.25) is 5.91 Å².